The normalized spacial score (nSPS) is 10.8. The number of rotatable bonds is 10. The molecule has 0 aliphatic rings. The molecular weight excluding hydrogens is 405 g/mol. The molecule has 0 saturated heterocycles. The molecule has 6 heteroatoms. The molecule has 0 aliphatic carbocycles. The van der Waals surface area contributed by atoms with E-state index in [1.165, 1.54) is 0 Å². The average Bonchev–Trinajstić information content (AvgIpc) is 2.55. The van der Waals surface area contributed by atoms with E-state index in [1.54, 1.807) is 14.2 Å². The fraction of sp³-hybridized carbons (Fsp3) is 0.588. The fourth-order valence-electron chi connectivity index (χ4n) is 2.10. The third-order valence-corrected chi connectivity index (χ3v) is 3.26. The van der Waals surface area contributed by atoms with E-state index < -0.39 is 0 Å². The first kappa shape index (κ1) is 22.0. The Kier molecular flexibility index (Phi) is 13.9. The molecule has 0 unspecified atom stereocenters. The van der Waals surface area contributed by atoms with Gasteiger partial charge in [0.05, 0.1) is 6.61 Å². The van der Waals surface area contributed by atoms with Gasteiger partial charge in [0.1, 0.15) is 5.75 Å². The Balaban J connectivity index is 0.00000484. The molecule has 1 rings (SSSR count). The van der Waals surface area contributed by atoms with Crippen molar-refractivity contribution < 1.29 is 9.47 Å². The number of unbranched alkanes of at least 4 members (excludes halogenated alkanes) is 2. The second kappa shape index (κ2) is 14.6. The lowest BCUT2D eigenvalue weighted by molar-refractivity contribution is 0.192. The zero-order valence-electron chi connectivity index (χ0n) is 14.4. The van der Waals surface area contributed by atoms with Gasteiger partial charge in [-0.1, -0.05) is 18.2 Å². The van der Waals surface area contributed by atoms with Gasteiger partial charge in [-0.25, -0.2) is 0 Å². The molecule has 0 aromatic heterocycles. The minimum atomic E-state index is 0. The molecule has 0 fully saturated rings. The Bertz CT molecular complexity index is 442. The molecule has 0 bridgehead atoms. The van der Waals surface area contributed by atoms with Gasteiger partial charge >= 0.3 is 0 Å². The van der Waals surface area contributed by atoms with Crippen LogP contribution in [0.15, 0.2) is 29.3 Å². The van der Waals surface area contributed by atoms with Crippen molar-refractivity contribution in [2.45, 2.75) is 32.7 Å². The Morgan fingerprint density at radius 2 is 1.91 bits per heavy atom. The van der Waals surface area contributed by atoms with Crippen LogP contribution in [0.4, 0.5) is 0 Å². The summed E-state index contributed by atoms with van der Waals surface area (Å²) in [7, 11) is 3.53. The Morgan fingerprint density at radius 3 is 2.61 bits per heavy atom. The number of methoxy groups -OCH3 is 1. The molecule has 2 N–H and O–H groups in total. The number of para-hydroxylation sites is 1. The number of benzene rings is 1. The monoisotopic (exact) mass is 435 g/mol. The first-order valence-electron chi connectivity index (χ1n) is 7.96. The highest BCUT2D eigenvalue weighted by Crippen LogP contribution is 2.17. The number of ether oxygens (including phenoxy) is 2. The number of guanidine groups is 1. The maximum Gasteiger partial charge on any atom is 0.191 e. The van der Waals surface area contributed by atoms with Crippen molar-refractivity contribution >= 4 is 29.9 Å². The van der Waals surface area contributed by atoms with E-state index in [0.29, 0.717) is 13.2 Å². The molecule has 0 atom stereocenters. The van der Waals surface area contributed by atoms with E-state index in [-0.39, 0.29) is 24.0 Å². The van der Waals surface area contributed by atoms with Crippen LogP contribution in [0, 0.1) is 0 Å². The fourth-order valence-corrected chi connectivity index (χ4v) is 2.10. The summed E-state index contributed by atoms with van der Waals surface area (Å²) >= 11 is 0. The number of halogens is 1. The molecular formula is C17H30IN3O2. The van der Waals surface area contributed by atoms with Crippen molar-refractivity contribution in [3.8, 4) is 5.75 Å². The van der Waals surface area contributed by atoms with Gasteiger partial charge in [-0.05, 0) is 32.3 Å². The van der Waals surface area contributed by atoms with Crippen LogP contribution in [0.3, 0.4) is 0 Å². The summed E-state index contributed by atoms with van der Waals surface area (Å²) in [5.74, 6) is 1.74. The number of nitrogens with one attached hydrogen (secondary N) is 2. The topological polar surface area (TPSA) is 54.9 Å². The van der Waals surface area contributed by atoms with Crippen molar-refractivity contribution in [3.63, 3.8) is 0 Å². The van der Waals surface area contributed by atoms with Gasteiger partial charge in [0, 0.05) is 39.4 Å². The lowest BCUT2D eigenvalue weighted by Crippen LogP contribution is -2.37. The van der Waals surface area contributed by atoms with Crippen LogP contribution in [0.25, 0.3) is 0 Å². The molecule has 0 aliphatic heterocycles. The molecule has 0 saturated carbocycles. The first-order chi connectivity index (χ1) is 10.8. The predicted octanol–water partition coefficient (Wildman–Crippen LogP) is 3.19. The lowest BCUT2D eigenvalue weighted by Gasteiger charge is -2.14. The molecule has 1 aromatic carbocycles. The molecule has 1 aromatic rings. The second-order valence-corrected chi connectivity index (χ2v) is 4.95. The van der Waals surface area contributed by atoms with Crippen LogP contribution in [0.1, 0.15) is 31.7 Å². The van der Waals surface area contributed by atoms with Crippen molar-refractivity contribution in [2.24, 2.45) is 4.99 Å². The maximum atomic E-state index is 5.63. The van der Waals surface area contributed by atoms with Gasteiger partial charge < -0.3 is 20.1 Å². The molecule has 0 radical (unpaired) electrons. The summed E-state index contributed by atoms with van der Waals surface area (Å²) in [4.78, 5) is 4.24. The Labute approximate surface area is 157 Å². The van der Waals surface area contributed by atoms with Gasteiger partial charge in [-0.2, -0.15) is 0 Å². The predicted molar refractivity (Wildman–Crippen MR) is 107 cm³/mol. The maximum absolute atomic E-state index is 5.63. The van der Waals surface area contributed by atoms with Crippen molar-refractivity contribution in [2.75, 3.05) is 33.9 Å². The van der Waals surface area contributed by atoms with Gasteiger partial charge in [-0.15, -0.1) is 24.0 Å². The Hall–Kier alpha value is -1.02. The summed E-state index contributed by atoms with van der Waals surface area (Å²) in [6.45, 7) is 5.11. The molecule has 23 heavy (non-hydrogen) atoms. The number of aliphatic imine (C=N–C) groups is 1. The molecule has 5 nitrogen and oxygen atoms in total. The minimum absolute atomic E-state index is 0. The van der Waals surface area contributed by atoms with Crippen molar-refractivity contribution in [1.29, 1.82) is 0 Å². The lowest BCUT2D eigenvalue weighted by atomic mass is 10.2. The number of hydrogen-bond acceptors (Lipinski definition) is 3. The van der Waals surface area contributed by atoms with Crippen LogP contribution in [0.5, 0.6) is 5.75 Å². The van der Waals surface area contributed by atoms with E-state index in [9.17, 15) is 0 Å². The minimum Gasteiger partial charge on any atom is -0.494 e. The summed E-state index contributed by atoms with van der Waals surface area (Å²) in [6.07, 6.45) is 3.37. The second-order valence-electron chi connectivity index (χ2n) is 4.95. The first-order valence-corrected chi connectivity index (χ1v) is 7.96. The van der Waals surface area contributed by atoms with Crippen LogP contribution in [-0.2, 0) is 11.3 Å². The molecule has 0 amide bonds. The van der Waals surface area contributed by atoms with Gasteiger partial charge in [0.2, 0.25) is 0 Å². The van der Waals surface area contributed by atoms with E-state index in [4.69, 9.17) is 9.47 Å². The van der Waals surface area contributed by atoms with Gasteiger partial charge in [-0.3, -0.25) is 4.99 Å². The van der Waals surface area contributed by atoms with E-state index in [0.717, 1.165) is 49.7 Å². The van der Waals surface area contributed by atoms with Crippen LogP contribution >= 0.6 is 24.0 Å². The van der Waals surface area contributed by atoms with E-state index >= 15 is 0 Å². The smallest absolute Gasteiger partial charge is 0.191 e. The highest BCUT2D eigenvalue weighted by atomic mass is 127. The van der Waals surface area contributed by atoms with Crippen LogP contribution < -0.4 is 15.4 Å². The highest BCUT2D eigenvalue weighted by molar-refractivity contribution is 14.0. The number of nitrogens with zero attached hydrogens (tertiary/aromatic N) is 1. The summed E-state index contributed by atoms with van der Waals surface area (Å²) in [6, 6.07) is 8.07. The molecule has 0 heterocycles. The van der Waals surface area contributed by atoms with Crippen LogP contribution in [0.2, 0.25) is 0 Å². The van der Waals surface area contributed by atoms with Crippen molar-refractivity contribution in [1.82, 2.24) is 10.6 Å². The summed E-state index contributed by atoms with van der Waals surface area (Å²) in [5.41, 5.74) is 1.13. The van der Waals surface area contributed by atoms with E-state index in [2.05, 4.69) is 21.7 Å². The summed E-state index contributed by atoms with van der Waals surface area (Å²) in [5, 5.41) is 6.65. The number of hydrogen-bond donors (Lipinski definition) is 2. The quantitative estimate of drug-likeness (QED) is 0.257. The standard InChI is InChI=1S/C17H29N3O2.HI/c1-4-22-16-11-7-6-10-15(16)14-20-17(18-2)19-12-8-5-9-13-21-3;/h6-7,10-11H,4-5,8-9,12-14H2,1-3H3,(H2,18,19,20);1H. The largest absolute Gasteiger partial charge is 0.494 e. The SMILES string of the molecule is CCOc1ccccc1CNC(=NC)NCCCCCOC.I. The summed E-state index contributed by atoms with van der Waals surface area (Å²) < 4.78 is 10.7. The third kappa shape index (κ3) is 9.65. The van der Waals surface area contributed by atoms with Gasteiger partial charge in [0.25, 0.3) is 0 Å². The van der Waals surface area contributed by atoms with Crippen molar-refractivity contribution in [3.05, 3.63) is 29.8 Å². The van der Waals surface area contributed by atoms with E-state index in [1.807, 2.05) is 25.1 Å². The van der Waals surface area contributed by atoms with Crippen LogP contribution in [-0.4, -0.2) is 39.9 Å². The Morgan fingerprint density at radius 1 is 1.13 bits per heavy atom. The van der Waals surface area contributed by atoms with Gasteiger partial charge in [0.15, 0.2) is 5.96 Å². The zero-order chi connectivity index (χ0) is 16.0. The molecule has 132 valence electrons. The zero-order valence-corrected chi connectivity index (χ0v) is 16.8. The average molecular weight is 435 g/mol. The molecule has 0 spiro atoms. The third-order valence-electron chi connectivity index (χ3n) is 3.26. The highest BCUT2D eigenvalue weighted by Gasteiger charge is 2.03.